The van der Waals surface area contributed by atoms with Gasteiger partial charge in [-0.05, 0) is 63.7 Å². The molecular weight excluding hydrogens is 432 g/mol. The predicted molar refractivity (Wildman–Crippen MR) is 150 cm³/mol. The minimum absolute atomic E-state index is 0.0961. The number of hydrogen-bond acceptors (Lipinski definition) is 2. The van der Waals surface area contributed by atoms with Crippen LogP contribution in [0.5, 0.6) is 0 Å². The van der Waals surface area contributed by atoms with E-state index in [0.29, 0.717) is 13.0 Å². The van der Waals surface area contributed by atoms with Crippen molar-refractivity contribution in [1.29, 1.82) is 0 Å². The average Bonchev–Trinajstić information content (AvgIpc) is 3.33. The molecule has 0 bridgehead atoms. The molecule has 1 fully saturated rings. The van der Waals surface area contributed by atoms with Crippen molar-refractivity contribution in [3.63, 3.8) is 0 Å². The average molecular weight is 481 g/mol. The van der Waals surface area contributed by atoms with E-state index in [2.05, 4.69) is 86.8 Å². The van der Waals surface area contributed by atoms with Gasteiger partial charge in [-0.3, -0.25) is 9.59 Å². The molecule has 1 heterocycles. The van der Waals surface area contributed by atoms with Crippen LogP contribution in [0.25, 0.3) is 0 Å². The van der Waals surface area contributed by atoms with Gasteiger partial charge >= 0.3 is 0 Å². The van der Waals surface area contributed by atoms with Crippen LogP contribution in [-0.2, 0) is 9.59 Å². The summed E-state index contributed by atoms with van der Waals surface area (Å²) in [7, 11) is 0. The number of likely N-dealkylation sites (tertiary alicyclic amines) is 1. The van der Waals surface area contributed by atoms with Crippen molar-refractivity contribution >= 4 is 11.8 Å². The van der Waals surface area contributed by atoms with E-state index in [1.165, 1.54) is 0 Å². The number of rotatable bonds is 18. The smallest absolute Gasteiger partial charge is 0.222 e. The summed E-state index contributed by atoms with van der Waals surface area (Å²) in [6.07, 6.45) is 36.1. The fraction of sp³-hybridized carbons (Fsp3) is 0.548. The monoisotopic (exact) mass is 480 g/mol. The minimum Gasteiger partial charge on any atom is -0.369 e. The number of allylic oxidation sites excluding steroid dienone is 12. The van der Waals surface area contributed by atoms with Crippen molar-refractivity contribution < 1.29 is 9.59 Å². The summed E-state index contributed by atoms with van der Waals surface area (Å²) in [5.41, 5.74) is 5.57. The quantitative estimate of drug-likeness (QED) is 0.211. The zero-order chi connectivity index (χ0) is 25.6. The molecule has 1 aliphatic heterocycles. The van der Waals surface area contributed by atoms with Crippen molar-refractivity contribution in [2.45, 2.75) is 84.5 Å². The highest BCUT2D eigenvalue weighted by atomic mass is 16.2. The molecule has 2 atom stereocenters. The Morgan fingerprint density at radius 1 is 0.800 bits per heavy atom. The predicted octanol–water partition coefficient (Wildman–Crippen LogP) is 7.21. The number of nitrogens with zero attached hydrogens (tertiary/aromatic N) is 1. The molecular formula is C31H48N2O2. The summed E-state index contributed by atoms with van der Waals surface area (Å²) in [5.74, 6) is 0.0966. The van der Waals surface area contributed by atoms with Crippen molar-refractivity contribution in [2.75, 3.05) is 13.1 Å². The number of amides is 2. The maximum Gasteiger partial charge on any atom is 0.222 e. The van der Waals surface area contributed by atoms with Crippen LogP contribution in [-0.4, -0.2) is 29.8 Å². The second-order valence-electron chi connectivity index (χ2n) is 9.14. The minimum atomic E-state index is -0.218. The van der Waals surface area contributed by atoms with Gasteiger partial charge in [0, 0.05) is 25.4 Å². The highest BCUT2D eigenvalue weighted by Gasteiger charge is 2.33. The summed E-state index contributed by atoms with van der Waals surface area (Å²) < 4.78 is 0. The van der Waals surface area contributed by atoms with Gasteiger partial charge in [-0.2, -0.15) is 0 Å². The van der Waals surface area contributed by atoms with Crippen molar-refractivity contribution in [3.05, 3.63) is 72.9 Å². The Kier molecular flexibility index (Phi) is 18.0. The SMILES string of the molecule is CC/C=C\C/C=C\C/C=C\C/C=C\C/C=C\C/C=C\CCC(=O)N1CC[C@H](C(CCC)C(N)=O)C1. The van der Waals surface area contributed by atoms with E-state index in [1.54, 1.807) is 0 Å². The molecule has 0 saturated carbocycles. The number of carbonyl (C=O) groups is 2. The van der Waals surface area contributed by atoms with Crippen LogP contribution in [0.3, 0.4) is 0 Å². The Balaban J connectivity index is 2.09. The van der Waals surface area contributed by atoms with Gasteiger partial charge in [0.15, 0.2) is 0 Å². The summed E-state index contributed by atoms with van der Waals surface area (Å²) in [5, 5.41) is 0. The number of primary amides is 1. The zero-order valence-electron chi connectivity index (χ0n) is 22.1. The van der Waals surface area contributed by atoms with Gasteiger partial charge in [-0.15, -0.1) is 0 Å². The molecule has 4 heteroatoms. The van der Waals surface area contributed by atoms with Crippen molar-refractivity contribution in [1.82, 2.24) is 4.90 Å². The van der Waals surface area contributed by atoms with Crippen LogP contribution in [0.2, 0.25) is 0 Å². The van der Waals surface area contributed by atoms with Crippen LogP contribution in [0.1, 0.15) is 84.5 Å². The lowest BCUT2D eigenvalue weighted by molar-refractivity contribution is -0.131. The topological polar surface area (TPSA) is 63.4 Å². The van der Waals surface area contributed by atoms with E-state index < -0.39 is 0 Å². The molecule has 0 radical (unpaired) electrons. The molecule has 2 amide bonds. The lowest BCUT2D eigenvalue weighted by atomic mass is 9.87. The van der Waals surface area contributed by atoms with Gasteiger partial charge < -0.3 is 10.6 Å². The van der Waals surface area contributed by atoms with E-state index in [9.17, 15) is 9.59 Å². The normalized spacial score (nSPS) is 18.0. The fourth-order valence-corrected chi connectivity index (χ4v) is 4.27. The second-order valence-corrected chi connectivity index (χ2v) is 9.14. The lowest BCUT2D eigenvalue weighted by Crippen LogP contribution is -2.33. The van der Waals surface area contributed by atoms with E-state index >= 15 is 0 Å². The largest absolute Gasteiger partial charge is 0.369 e. The number of hydrogen-bond donors (Lipinski definition) is 1. The molecule has 2 N–H and O–H groups in total. The molecule has 1 unspecified atom stereocenters. The first-order valence-electron chi connectivity index (χ1n) is 13.6. The molecule has 1 rings (SSSR count). The van der Waals surface area contributed by atoms with Crippen LogP contribution < -0.4 is 5.73 Å². The molecule has 0 aromatic rings. The van der Waals surface area contributed by atoms with Crippen molar-refractivity contribution in [3.8, 4) is 0 Å². The van der Waals surface area contributed by atoms with Crippen LogP contribution in [0.4, 0.5) is 0 Å². The molecule has 0 aromatic heterocycles. The van der Waals surface area contributed by atoms with Gasteiger partial charge in [0.05, 0.1) is 0 Å². The van der Waals surface area contributed by atoms with Crippen molar-refractivity contribution in [2.24, 2.45) is 17.6 Å². The second kappa shape index (κ2) is 20.7. The first-order chi connectivity index (χ1) is 17.1. The maximum absolute atomic E-state index is 12.5. The van der Waals surface area contributed by atoms with Crippen LogP contribution >= 0.6 is 0 Å². The number of carbonyl (C=O) groups excluding carboxylic acids is 2. The molecule has 1 aliphatic rings. The molecule has 0 aliphatic carbocycles. The molecule has 0 aromatic carbocycles. The van der Waals surface area contributed by atoms with Gasteiger partial charge in [0.1, 0.15) is 0 Å². The lowest BCUT2D eigenvalue weighted by Gasteiger charge is -2.21. The van der Waals surface area contributed by atoms with Crippen LogP contribution in [0.15, 0.2) is 72.9 Å². The highest BCUT2D eigenvalue weighted by Crippen LogP contribution is 2.28. The Morgan fingerprint density at radius 2 is 1.29 bits per heavy atom. The van der Waals surface area contributed by atoms with Gasteiger partial charge in [0.2, 0.25) is 11.8 Å². The zero-order valence-corrected chi connectivity index (χ0v) is 22.1. The first kappa shape index (κ1) is 30.4. The highest BCUT2D eigenvalue weighted by molar-refractivity contribution is 5.78. The molecule has 1 saturated heterocycles. The Bertz CT molecular complexity index is 758. The summed E-state index contributed by atoms with van der Waals surface area (Å²) in [6.45, 7) is 5.65. The molecule has 4 nitrogen and oxygen atoms in total. The van der Waals surface area contributed by atoms with E-state index in [-0.39, 0.29) is 23.7 Å². The standard InChI is InChI=1S/C31H48N2O2/c1-3-5-6-7-8-9-10-11-12-13-14-15-16-17-18-19-20-21-22-24-30(34)33-26-25-28(27-33)29(23-4-2)31(32)35/h5-6,8-9,11-12,14-15,17-18,20-21,28-29H,3-4,7,10,13,16,19,22-27H2,1-2H3,(H2,32,35)/b6-5-,9-8-,12-11-,15-14-,18-17-,21-20-/t28-,29?/m0/s1. The van der Waals surface area contributed by atoms with E-state index in [1.807, 2.05) is 4.90 Å². The summed E-state index contributed by atoms with van der Waals surface area (Å²) in [4.78, 5) is 26.1. The maximum atomic E-state index is 12.5. The van der Waals surface area contributed by atoms with Gasteiger partial charge in [-0.1, -0.05) is 93.2 Å². The Labute approximate surface area is 214 Å². The molecule has 0 spiro atoms. The molecule has 35 heavy (non-hydrogen) atoms. The third-order valence-corrected chi connectivity index (χ3v) is 6.23. The van der Waals surface area contributed by atoms with Gasteiger partial charge in [-0.25, -0.2) is 0 Å². The first-order valence-corrected chi connectivity index (χ1v) is 13.6. The van der Waals surface area contributed by atoms with E-state index in [4.69, 9.17) is 5.73 Å². The fourth-order valence-electron chi connectivity index (χ4n) is 4.27. The molecule has 194 valence electrons. The third-order valence-electron chi connectivity index (χ3n) is 6.23. The van der Waals surface area contributed by atoms with Gasteiger partial charge in [0.25, 0.3) is 0 Å². The third kappa shape index (κ3) is 15.1. The Hall–Kier alpha value is -2.62. The Morgan fingerprint density at radius 3 is 1.74 bits per heavy atom. The van der Waals surface area contributed by atoms with Crippen LogP contribution in [0, 0.1) is 11.8 Å². The van der Waals surface area contributed by atoms with E-state index in [0.717, 1.165) is 70.8 Å². The number of nitrogens with two attached hydrogens (primary N) is 1. The summed E-state index contributed by atoms with van der Waals surface area (Å²) >= 11 is 0. The summed E-state index contributed by atoms with van der Waals surface area (Å²) in [6, 6.07) is 0.